The molecule has 2 amide bonds. The highest BCUT2D eigenvalue weighted by atomic mass is 35.5. The van der Waals surface area contributed by atoms with Crippen molar-refractivity contribution in [3.63, 3.8) is 0 Å². The normalized spacial score (nSPS) is 29.4. The second-order valence-corrected chi connectivity index (χ2v) is 11.3. The number of anilines is 2. The van der Waals surface area contributed by atoms with E-state index < -0.39 is 16.9 Å². The van der Waals surface area contributed by atoms with Gasteiger partial charge in [-0.2, -0.15) is 0 Å². The maximum atomic E-state index is 14.8. The summed E-state index contributed by atoms with van der Waals surface area (Å²) in [4.78, 5) is 45.3. The summed E-state index contributed by atoms with van der Waals surface area (Å²) in [6.07, 6.45) is 1.44. The Bertz CT molecular complexity index is 1560. The van der Waals surface area contributed by atoms with Gasteiger partial charge in [0.25, 0.3) is 0 Å². The van der Waals surface area contributed by atoms with Gasteiger partial charge in [-0.15, -0.1) is 0 Å². The Kier molecular flexibility index (Phi) is 4.90. The van der Waals surface area contributed by atoms with Crippen LogP contribution in [0.4, 0.5) is 11.4 Å². The number of rotatable bonds is 2. The van der Waals surface area contributed by atoms with Crippen LogP contribution in [0.2, 0.25) is 15.1 Å². The summed E-state index contributed by atoms with van der Waals surface area (Å²) >= 11 is 19.2. The molecule has 7 rings (SSSR count). The first-order chi connectivity index (χ1) is 17.8. The molecule has 3 aromatic carbocycles. The van der Waals surface area contributed by atoms with E-state index in [0.717, 1.165) is 12.0 Å². The maximum absolute atomic E-state index is 14.8. The van der Waals surface area contributed by atoms with E-state index in [0.29, 0.717) is 39.9 Å². The van der Waals surface area contributed by atoms with Crippen molar-refractivity contribution in [3.05, 3.63) is 92.4 Å². The molecule has 9 heteroatoms. The molecule has 0 bridgehead atoms. The number of nitrogens with zero attached hydrogens (tertiary/aromatic N) is 1. The first-order valence-electron chi connectivity index (χ1n) is 12.1. The van der Waals surface area contributed by atoms with Crippen LogP contribution in [-0.4, -0.2) is 35.1 Å². The van der Waals surface area contributed by atoms with Crippen LogP contribution in [0.25, 0.3) is 0 Å². The predicted octanol–water partition coefficient (Wildman–Crippen LogP) is 5.66. The number of amides is 2. The zero-order chi connectivity index (χ0) is 25.7. The van der Waals surface area contributed by atoms with Gasteiger partial charge in [0, 0.05) is 38.6 Å². The Morgan fingerprint density at radius 1 is 0.865 bits per heavy atom. The predicted molar refractivity (Wildman–Crippen MR) is 143 cm³/mol. The molecule has 6 nitrogen and oxygen atoms in total. The fourth-order valence-corrected chi connectivity index (χ4v) is 8.04. The molecule has 2 N–H and O–H groups in total. The number of carbonyl (C=O) groups excluding carboxylic acids is 3. The maximum Gasteiger partial charge on any atom is 0.250 e. The van der Waals surface area contributed by atoms with Gasteiger partial charge in [-0.05, 0) is 67.4 Å². The number of hydrogen-bond donors (Lipinski definition) is 2. The summed E-state index contributed by atoms with van der Waals surface area (Å²) in [5.74, 6) is -2.11. The largest absolute Gasteiger partial charge is 0.325 e. The molecule has 0 unspecified atom stereocenters. The van der Waals surface area contributed by atoms with Gasteiger partial charge in [0.05, 0.1) is 10.9 Å². The minimum absolute atomic E-state index is 0.172. The van der Waals surface area contributed by atoms with Gasteiger partial charge < -0.3 is 10.6 Å². The molecule has 2 spiro atoms. The van der Waals surface area contributed by atoms with Gasteiger partial charge >= 0.3 is 0 Å². The second-order valence-electron chi connectivity index (χ2n) is 10.1. The van der Waals surface area contributed by atoms with Crippen molar-refractivity contribution in [3.8, 4) is 0 Å². The van der Waals surface area contributed by atoms with Crippen molar-refractivity contribution in [2.24, 2.45) is 5.92 Å². The number of para-hydroxylation sites is 1. The molecule has 0 aliphatic carbocycles. The fourth-order valence-electron chi connectivity index (χ4n) is 7.36. The molecule has 186 valence electrons. The van der Waals surface area contributed by atoms with Crippen LogP contribution >= 0.6 is 34.8 Å². The third kappa shape index (κ3) is 2.74. The standard InChI is InChI=1S/C28H20Cl3N3O3/c29-14-8-10-21-18(12-14)28(26(37)33-21)24(23(35)16-9-7-15(30)13-19(16)31)27(22-6-3-11-34(22)28)17-4-1-2-5-20(17)32-25(27)36/h1-2,4-5,7-10,12-13,22,24H,3,6,11H2,(H,32,36)(H,33,37)/t22-,24-,27+,28-/m1/s1. The SMILES string of the molecule is O=C(c1ccc(Cl)cc1Cl)[C@@H]1[C@@]2(C(=O)Nc3ccccc32)[C@H]2CCCN2[C@@]12C(=O)Nc1ccc(Cl)cc12. The van der Waals surface area contributed by atoms with E-state index in [1.807, 2.05) is 24.3 Å². The van der Waals surface area contributed by atoms with Gasteiger partial charge in [0.1, 0.15) is 11.0 Å². The number of hydrogen-bond acceptors (Lipinski definition) is 4. The van der Waals surface area contributed by atoms with Crippen LogP contribution in [0.3, 0.4) is 0 Å². The minimum Gasteiger partial charge on any atom is -0.325 e. The molecular weight excluding hydrogens is 533 g/mol. The fraction of sp³-hybridized carbons (Fsp3) is 0.250. The van der Waals surface area contributed by atoms with E-state index in [4.69, 9.17) is 34.8 Å². The van der Waals surface area contributed by atoms with Crippen LogP contribution in [0, 0.1) is 5.92 Å². The Hall–Kier alpha value is -2.90. The molecule has 2 fully saturated rings. The van der Waals surface area contributed by atoms with Crippen molar-refractivity contribution in [1.29, 1.82) is 0 Å². The van der Waals surface area contributed by atoms with Crippen LogP contribution in [-0.2, 0) is 20.5 Å². The third-order valence-corrected chi connectivity index (χ3v) is 9.33. The molecule has 4 heterocycles. The van der Waals surface area contributed by atoms with Crippen LogP contribution < -0.4 is 10.6 Å². The molecule has 4 atom stereocenters. The zero-order valence-electron chi connectivity index (χ0n) is 19.4. The van der Waals surface area contributed by atoms with Crippen molar-refractivity contribution < 1.29 is 14.4 Å². The Balaban J connectivity index is 1.60. The average molecular weight is 553 g/mol. The van der Waals surface area contributed by atoms with Crippen molar-refractivity contribution in [2.45, 2.75) is 29.8 Å². The van der Waals surface area contributed by atoms with E-state index in [1.165, 1.54) is 6.07 Å². The number of carbonyl (C=O) groups is 3. The highest BCUT2D eigenvalue weighted by Crippen LogP contribution is 2.66. The van der Waals surface area contributed by atoms with Crippen LogP contribution in [0.1, 0.15) is 34.3 Å². The summed E-state index contributed by atoms with van der Waals surface area (Å²) < 4.78 is 0. The summed E-state index contributed by atoms with van der Waals surface area (Å²) in [6, 6.07) is 16.9. The lowest BCUT2D eigenvalue weighted by atomic mass is 9.60. The Labute approximate surface area is 227 Å². The highest BCUT2D eigenvalue weighted by molar-refractivity contribution is 6.37. The molecule has 0 saturated carbocycles. The Morgan fingerprint density at radius 3 is 2.38 bits per heavy atom. The monoisotopic (exact) mass is 551 g/mol. The van der Waals surface area contributed by atoms with Gasteiger partial charge in [-0.1, -0.05) is 53.0 Å². The molecular formula is C28H20Cl3N3O3. The van der Waals surface area contributed by atoms with Gasteiger partial charge in [0.2, 0.25) is 11.8 Å². The summed E-state index contributed by atoms with van der Waals surface area (Å²) in [5.41, 5.74) is 0.0289. The number of ketones is 1. The van der Waals surface area contributed by atoms with E-state index in [9.17, 15) is 14.4 Å². The number of halogens is 3. The Morgan fingerprint density at radius 2 is 1.57 bits per heavy atom. The number of Topliss-reactive ketones (excluding diaryl/α,β-unsaturated/α-hetero) is 1. The van der Waals surface area contributed by atoms with E-state index >= 15 is 0 Å². The number of fused-ring (bicyclic) bond motifs is 7. The van der Waals surface area contributed by atoms with Crippen LogP contribution in [0.5, 0.6) is 0 Å². The van der Waals surface area contributed by atoms with Gasteiger partial charge in [-0.3, -0.25) is 19.3 Å². The second kappa shape index (κ2) is 7.81. The molecule has 3 aromatic rings. The van der Waals surface area contributed by atoms with Crippen molar-refractivity contribution in [2.75, 3.05) is 17.2 Å². The third-order valence-electron chi connectivity index (χ3n) is 8.55. The van der Waals surface area contributed by atoms with Crippen LogP contribution in [0.15, 0.2) is 60.7 Å². The summed E-state index contributed by atoms with van der Waals surface area (Å²) in [5, 5.41) is 7.03. The first-order valence-corrected chi connectivity index (χ1v) is 13.2. The average Bonchev–Trinajstić information content (AvgIpc) is 3.58. The van der Waals surface area contributed by atoms with E-state index in [-0.39, 0.29) is 34.2 Å². The lowest BCUT2D eigenvalue weighted by molar-refractivity contribution is -0.128. The molecule has 4 aliphatic rings. The van der Waals surface area contributed by atoms with Gasteiger partial charge in [0.15, 0.2) is 5.78 Å². The van der Waals surface area contributed by atoms with Gasteiger partial charge in [-0.25, -0.2) is 0 Å². The lowest BCUT2D eigenvalue weighted by Gasteiger charge is -2.38. The van der Waals surface area contributed by atoms with E-state index in [2.05, 4.69) is 15.5 Å². The first kappa shape index (κ1) is 23.2. The van der Waals surface area contributed by atoms with Crippen molar-refractivity contribution in [1.82, 2.24) is 4.90 Å². The lowest BCUT2D eigenvalue weighted by Crippen LogP contribution is -2.55. The minimum atomic E-state index is -1.45. The van der Waals surface area contributed by atoms with Crippen molar-refractivity contribution >= 4 is 63.8 Å². The number of nitrogens with one attached hydrogen (secondary N) is 2. The summed E-state index contributed by atoms with van der Waals surface area (Å²) in [7, 11) is 0. The number of benzene rings is 3. The molecule has 37 heavy (non-hydrogen) atoms. The molecule has 4 aliphatic heterocycles. The van der Waals surface area contributed by atoms with E-state index in [1.54, 1.807) is 30.3 Å². The zero-order valence-corrected chi connectivity index (χ0v) is 21.6. The quantitative estimate of drug-likeness (QED) is 0.402. The molecule has 0 aromatic heterocycles. The highest BCUT2D eigenvalue weighted by Gasteiger charge is 2.78. The topological polar surface area (TPSA) is 78.5 Å². The molecule has 0 radical (unpaired) electrons. The smallest absolute Gasteiger partial charge is 0.250 e. The molecule has 2 saturated heterocycles. The summed E-state index contributed by atoms with van der Waals surface area (Å²) in [6.45, 7) is 0.555.